The molecule has 2 N–H and O–H groups in total. The molecule has 29 heavy (non-hydrogen) atoms. The van der Waals surface area contributed by atoms with Crippen molar-refractivity contribution in [1.29, 1.82) is 0 Å². The van der Waals surface area contributed by atoms with Crippen molar-refractivity contribution in [1.82, 2.24) is 20.3 Å². The molecule has 2 aliphatic rings. The topological polar surface area (TPSA) is 72.0 Å². The van der Waals surface area contributed by atoms with Crippen LogP contribution < -0.4 is 15.4 Å². The lowest BCUT2D eigenvalue weighted by molar-refractivity contribution is 0.162. The van der Waals surface area contributed by atoms with Gasteiger partial charge in [-0.2, -0.15) is 0 Å². The van der Waals surface area contributed by atoms with Gasteiger partial charge in [0.1, 0.15) is 23.5 Å². The molecular weight excluding hydrogens is 362 g/mol. The van der Waals surface area contributed by atoms with Crippen LogP contribution in [0.1, 0.15) is 37.2 Å². The molecule has 4 heterocycles. The van der Waals surface area contributed by atoms with Crippen molar-refractivity contribution in [3.05, 3.63) is 60.6 Å². The van der Waals surface area contributed by atoms with Gasteiger partial charge in [-0.25, -0.2) is 9.97 Å². The summed E-state index contributed by atoms with van der Waals surface area (Å²) in [4.78, 5) is 13.6. The zero-order chi connectivity index (χ0) is 19.5. The van der Waals surface area contributed by atoms with Gasteiger partial charge in [-0.3, -0.25) is 4.98 Å². The summed E-state index contributed by atoms with van der Waals surface area (Å²) in [6, 6.07) is 12.2. The van der Waals surface area contributed by atoms with Gasteiger partial charge in [-0.1, -0.05) is 6.07 Å². The van der Waals surface area contributed by atoms with Crippen molar-refractivity contribution in [2.45, 2.75) is 37.7 Å². The number of ether oxygens (including phenoxy) is 1. The normalized spacial score (nSPS) is 17.1. The van der Waals surface area contributed by atoms with Crippen molar-refractivity contribution < 1.29 is 4.74 Å². The van der Waals surface area contributed by atoms with Gasteiger partial charge in [0.2, 0.25) is 0 Å². The number of piperidine rings is 1. The Balaban J connectivity index is 1.42. The molecule has 3 aromatic rings. The van der Waals surface area contributed by atoms with Crippen LogP contribution in [0.4, 0.5) is 11.6 Å². The SMILES string of the molecule is c1ccc(Nc2cc(C3CC3)cc(-c3cncc(OC4CCNCC4)c3)n2)nc1. The number of nitrogens with zero attached hydrogens (tertiary/aromatic N) is 3. The quantitative estimate of drug-likeness (QED) is 0.657. The highest BCUT2D eigenvalue weighted by Gasteiger charge is 2.25. The van der Waals surface area contributed by atoms with Gasteiger partial charge in [-0.15, -0.1) is 0 Å². The van der Waals surface area contributed by atoms with Gasteiger partial charge in [0, 0.05) is 18.0 Å². The number of hydrogen-bond donors (Lipinski definition) is 2. The second-order valence-corrected chi connectivity index (χ2v) is 7.76. The van der Waals surface area contributed by atoms with E-state index in [0.717, 1.165) is 54.6 Å². The monoisotopic (exact) mass is 387 g/mol. The van der Waals surface area contributed by atoms with Crippen LogP contribution in [0.25, 0.3) is 11.3 Å². The Hall–Kier alpha value is -2.99. The summed E-state index contributed by atoms with van der Waals surface area (Å²) in [5.74, 6) is 3.04. The molecule has 5 rings (SSSR count). The Morgan fingerprint density at radius 3 is 2.66 bits per heavy atom. The molecule has 6 nitrogen and oxygen atoms in total. The molecule has 6 heteroatoms. The van der Waals surface area contributed by atoms with Crippen LogP contribution in [0, 0.1) is 0 Å². The predicted molar refractivity (Wildman–Crippen MR) is 113 cm³/mol. The van der Waals surface area contributed by atoms with E-state index in [2.05, 4.69) is 38.8 Å². The molecule has 1 saturated carbocycles. The van der Waals surface area contributed by atoms with E-state index >= 15 is 0 Å². The van der Waals surface area contributed by atoms with E-state index in [1.54, 1.807) is 12.4 Å². The van der Waals surface area contributed by atoms with E-state index in [-0.39, 0.29) is 6.10 Å². The van der Waals surface area contributed by atoms with E-state index in [9.17, 15) is 0 Å². The summed E-state index contributed by atoms with van der Waals surface area (Å²) < 4.78 is 6.18. The van der Waals surface area contributed by atoms with Crippen molar-refractivity contribution >= 4 is 11.6 Å². The standard InChI is InChI=1S/C23H25N5O/c1-2-8-26-22(3-1)28-23-13-17(16-4-5-16)12-21(27-23)18-11-20(15-25-14-18)29-19-6-9-24-10-7-19/h1-3,8,11-16,19,24H,4-7,9-10H2,(H,26,27,28). The van der Waals surface area contributed by atoms with Crippen molar-refractivity contribution in [2.24, 2.45) is 0 Å². The summed E-state index contributed by atoms with van der Waals surface area (Å²) in [6.07, 6.45) is 10.2. The summed E-state index contributed by atoms with van der Waals surface area (Å²) in [7, 11) is 0. The van der Waals surface area contributed by atoms with Crippen LogP contribution in [0.5, 0.6) is 5.75 Å². The average Bonchev–Trinajstić information content (AvgIpc) is 3.61. The van der Waals surface area contributed by atoms with Crippen molar-refractivity contribution in [2.75, 3.05) is 18.4 Å². The Kier molecular flexibility index (Phi) is 5.09. The van der Waals surface area contributed by atoms with Crippen LogP contribution in [0.2, 0.25) is 0 Å². The molecule has 2 fully saturated rings. The molecule has 0 radical (unpaired) electrons. The van der Waals surface area contributed by atoms with Crippen LogP contribution in [-0.4, -0.2) is 34.1 Å². The number of anilines is 2. The molecule has 148 valence electrons. The van der Waals surface area contributed by atoms with Crippen LogP contribution in [0.15, 0.2) is 55.0 Å². The fourth-order valence-electron chi connectivity index (χ4n) is 3.71. The van der Waals surface area contributed by atoms with E-state index in [0.29, 0.717) is 5.92 Å². The molecule has 0 atom stereocenters. The molecular formula is C23H25N5O. The predicted octanol–water partition coefficient (Wildman–Crippen LogP) is 4.29. The molecule has 0 bridgehead atoms. The highest BCUT2D eigenvalue weighted by molar-refractivity contribution is 5.65. The second kappa shape index (κ2) is 8.17. The van der Waals surface area contributed by atoms with Crippen LogP contribution >= 0.6 is 0 Å². The minimum Gasteiger partial charge on any atom is -0.489 e. The number of hydrogen-bond acceptors (Lipinski definition) is 6. The first kappa shape index (κ1) is 18.1. The maximum absolute atomic E-state index is 6.18. The zero-order valence-corrected chi connectivity index (χ0v) is 16.3. The third kappa shape index (κ3) is 4.54. The summed E-state index contributed by atoms with van der Waals surface area (Å²) in [6.45, 7) is 2.01. The number of aromatic nitrogens is 3. The lowest BCUT2D eigenvalue weighted by atomic mass is 10.1. The number of nitrogens with one attached hydrogen (secondary N) is 2. The molecule has 0 unspecified atom stereocenters. The van der Waals surface area contributed by atoms with Crippen LogP contribution in [-0.2, 0) is 0 Å². The summed E-state index contributed by atoms with van der Waals surface area (Å²) in [5, 5.41) is 6.71. The highest BCUT2D eigenvalue weighted by Crippen LogP contribution is 2.42. The minimum absolute atomic E-state index is 0.250. The van der Waals surface area contributed by atoms with Crippen molar-refractivity contribution in [3.63, 3.8) is 0 Å². The smallest absolute Gasteiger partial charge is 0.138 e. The third-order valence-electron chi connectivity index (χ3n) is 5.42. The molecule has 0 amide bonds. The Labute approximate surface area is 170 Å². The molecule has 1 aliphatic heterocycles. The highest BCUT2D eigenvalue weighted by atomic mass is 16.5. The maximum atomic E-state index is 6.18. The molecule has 3 aromatic heterocycles. The van der Waals surface area contributed by atoms with Crippen LogP contribution in [0.3, 0.4) is 0 Å². The van der Waals surface area contributed by atoms with E-state index in [1.165, 1.54) is 18.4 Å². The van der Waals surface area contributed by atoms with Gasteiger partial charge in [-0.05, 0) is 80.6 Å². The number of pyridine rings is 3. The number of rotatable bonds is 6. The Morgan fingerprint density at radius 1 is 0.966 bits per heavy atom. The van der Waals surface area contributed by atoms with Gasteiger partial charge in [0.05, 0.1) is 11.9 Å². The Morgan fingerprint density at radius 2 is 1.86 bits per heavy atom. The molecule has 1 aliphatic carbocycles. The Bertz CT molecular complexity index is 968. The summed E-state index contributed by atoms with van der Waals surface area (Å²) >= 11 is 0. The molecule has 0 spiro atoms. The lowest BCUT2D eigenvalue weighted by Crippen LogP contribution is -2.34. The fourth-order valence-corrected chi connectivity index (χ4v) is 3.71. The lowest BCUT2D eigenvalue weighted by Gasteiger charge is -2.23. The summed E-state index contributed by atoms with van der Waals surface area (Å²) in [5.41, 5.74) is 3.21. The van der Waals surface area contributed by atoms with E-state index < -0.39 is 0 Å². The van der Waals surface area contributed by atoms with Gasteiger partial charge >= 0.3 is 0 Å². The second-order valence-electron chi connectivity index (χ2n) is 7.76. The van der Waals surface area contributed by atoms with Gasteiger partial charge in [0.15, 0.2) is 0 Å². The van der Waals surface area contributed by atoms with Crippen molar-refractivity contribution in [3.8, 4) is 17.0 Å². The first-order valence-corrected chi connectivity index (χ1v) is 10.4. The first-order chi connectivity index (χ1) is 14.3. The van der Waals surface area contributed by atoms with E-state index in [4.69, 9.17) is 9.72 Å². The maximum Gasteiger partial charge on any atom is 0.138 e. The average molecular weight is 387 g/mol. The van der Waals surface area contributed by atoms with Gasteiger partial charge < -0.3 is 15.4 Å². The molecule has 1 saturated heterocycles. The minimum atomic E-state index is 0.250. The molecule has 0 aromatic carbocycles. The van der Waals surface area contributed by atoms with Gasteiger partial charge in [0.25, 0.3) is 0 Å². The fraction of sp³-hybridized carbons (Fsp3) is 0.348. The van der Waals surface area contributed by atoms with E-state index in [1.807, 2.05) is 24.4 Å². The first-order valence-electron chi connectivity index (χ1n) is 10.4. The third-order valence-corrected chi connectivity index (χ3v) is 5.42. The zero-order valence-electron chi connectivity index (χ0n) is 16.3. The largest absolute Gasteiger partial charge is 0.489 e.